The highest BCUT2D eigenvalue weighted by Crippen LogP contribution is 2.19. The number of para-hydroxylation sites is 2. The second-order valence-corrected chi connectivity index (χ2v) is 2.03. The average molecular weight is 151 g/mol. The molecule has 1 rings (SSSR count). The lowest BCUT2D eigenvalue weighted by Gasteiger charge is -1.99. The molecule has 0 fully saturated rings. The summed E-state index contributed by atoms with van der Waals surface area (Å²) >= 11 is 0. The summed E-state index contributed by atoms with van der Waals surface area (Å²) in [5, 5.41) is 14.3. The molecule has 0 saturated heterocycles. The van der Waals surface area contributed by atoms with Gasteiger partial charge in [0.05, 0.1) is 7.05 Å². The van der Waals surface area contributed by atoms with Crippen LogP contribution in [0.1, 0.15) is 0 Å². The van der Waals surface area contributed by atoms with Gasteiger partial charge in [0, 0.05) is 6.07 Å². The molecule has 0 radical (unpaired) electrons. The lowest BCUT2D eigenvalue weighted by atomic mass is 10.3. The molecule has 4 nitrogen and oxygen atoms in total. The third kappa shape index (κ3) is 1.46. The van der Waals surface area contributed by atoms with Crippen LogP contribution in [0.3, 0.4) is 0 Å². The Morgan fingerprint density at radius 3 is 2.64 bits per heavy atom. The number of nitrogen functional groups attached to an aromatic ring is 1. The zero-order valence-corrected chi connectivity index (χ0v) is 6.19. The summed E-state index contributed by atoms with van der Waals surface area (Å²) in [6.07, 6.45) is 0. The molecule has 0 heterocycles. The third-order valence-electron chi connectivity index (χ3n) is 1.32. The van der Waals surface area contributed by atoms with Gasteiger partial charge in [0.2, 0.25) is 0 Å². The summed E-state index contributed by atoms with van der Waals surface area (Å²) in [6.45, 7) is 0. The zero-order chi connectivity index (χ0) is 8.27. The van der Waals surface area contributed by atoms with Gasteiger partial charge in [-0.15, -0.1) is 0 Å². The first-order valence-corrected chi connectivity index (χ1v) is 3.17. The maximum atomic E-state index is 10.9. The monoisotopic (exact) mass is 151 g/mol. The van der Waals surface area contributed by atoms with Crippen molar-refractivity contribution in [1.29, 1.82) is 0 Å². The first-order valence-electron chi connectivity index (χ1n) is 3.17. The summed E-state index contributed by atoms with van der Waals surface area (Å²) in [5.41, 5.74) is 6.32. The van der Waals surface area contributed by atoms with E-state index in [0.717, 1.165) is 0 Å². The minimum Gasteiger partial charge on any atom is -0.594 e. The molecule has 58 valence electrons. The molecule has 0 unspecified atom stereocenters. The second-order valence-electron chi connectivity index (χ2n) is 2.03. The normalized spacial score (nSPS) is 11.5. The molecule has 0 aliphatic rings. The van der Waals surface area contributed by atoms with Gasteiger partial charge in [-0.05, 0) is 11.2 Å². The van der Waals surface area contributed by atoms with E-state index in [1.54, 1.807) is 24.3 Å². The van der Waals surface area contributed by atoms with E-state index in [-0.39, 0.29) is 0 Å². The third-order valence-corrected chi connectivity index (χ3v) is 1.32. The predicted molar refractivity (Wildman–Crippen MR) is 42.5 cm³/mol. The number of hydrogen-bond donors (Lipinski definition) is 1. The quantitative estimate of drug-likeness (QED) is 0.286. The first-order chi connectivity index (χ1) is 5.25. The largest absolute Gasteiger partial charge is 0.594 e. The highest BCUT2D eigenvalue weighted by molar-refractivity contribution is 5.56. The molecular formula is C7H9N3O. The van der Waals surface area contributed by atoms with Crippen LogP contribution in [0, 0.1) is 5.21 Å². The van der Waals surface area contributed by atoms with Crippen molar-refractivity contribution in [2.45, 2.75) is 0 Å². The van der Waals surface area contributed by atoms with Gasteiger partial charge in [0.1, 0.15) is 5.69 Å². The van der Waals surface area contributed by atoms with Crippen molar-refractivity contribution in [3.63, 3.8) is 0 Å². The standard InChI is InChI=1S/C7H9N3O/c1-9-10(11)7-5-3-2-4-6(7)8/h2-5H,8H2,1H3. The molecule has 11 heavy (non-hydrogen) atoms. The Morgan fingerprint density at radius 2 is 2.09 bits per heavy atom. The van der Waals surface area contributed by atoms with Crippen molar-refractivity contribution in [2.75, 3.05) is 12.8 Å². The molecule has 2 N–H and O–H groups in total. The van der Waals surface area contributed by atoms with E-state index in [9.17, 15) is 5.21 Å². The van der Waals surface area contributed by atoms with Gasteiger partial charge < -0.3 is 10.9 Å². The van der Waals surface area contributed by atoms with Crippen LogP contribution >= 0.6 is 0 Å². The fourth-order valence-electron chi connectivity index (χ4n) is 0.769. The van der Waals surface area contributed by atoms with Crippen molar-refractivity contribution >= 4 is 11.4 Å². The van der Waals surface area contributed by atoms with Crippen LogP contribution in [0.4, 0.5) is 11.4 Å². The molecule has 0 saturated carbocycles. The van der Waals surface area contributed by atoms with Gasteiger partial charge in [0.15, 0.2) is 0 Å². The van der Waals surface area contributed by atoms with Gasteiger partial charge in [-0.3, -0.25) is 0 Å². The minimum absolute atomic E-state index is 0.384. The number of nitrogens with zero attached hydrogens (tertiary/aromatic N) is 2. The Labute approximate surface area is 64.5 Å². The fraction of sp³-hybridized carbons (Fsp3) is 0.143. The molecule has 0 atom stereocenters. The second kappa shape index (κ2) is 3.01. The Bertz CT molecular complexity index is 283. The SMILES string of the molecule is CN=[N+]([O-])c1ccccc1N. The van der Waals surface area contributed by atoms with E-state index < -0.39 is 0 Å². The van der Waals surface area contributed by atoms with Crippen molar-refractivity contribution < 1.29 is 4.86 Å². The molecule has 1 aromatic rings. The summed E-state index contributed by atoms with van der Waals surface area (Å²) in [7, 11) is 1.42. The highest BCUT2D eigenvalue weighted by atomic mass is 16.5. The number of nitrogens with two attached hydrogens (primary N) is 1. The van der Waals surface area contributed by atoms with E-state index in [0.29, 0.717) is 16.2 Å². The van der Waals surface area contributed by atoms with Gasteiger partial charge >= 0.3 is 0 Å². The summed E-state index contributed by atoms with van der Waals surface area (Å²) in [6, 6.07) is 6.78. The molecule has 0 bridgehead atoms. The smallest absolute Gasteiger partial charge is 0.267 e. The molecule has 0 aromatic heterocycles. The van der Waals surface area contributed by atoms with Crippen LogP contribution in [0.25, 0.3) is 0 Å². The maximum absolute atomic E-state index is 10.9. The van der Waals surface area contributed by atoms with Gasteiger partial charge in [-0.2, -0.15) is 0 Å². The zero-order valence-electron chi connectivity index (χ0n) is 6.19. The predicted octanol–water partition coefficient (Wildman–Crippen LogP) is 1.49. The number of rotatable bonds is 1. The van der Waals surface area contributed by atoms with Crippen molar-refractivity contribution in [3.05, 3.63) is 29.5 Å². The van der Waals surface area contributed by atoms with Crippen LogP contribution in [-0.2, 0) is 0 Å². The molecule has 0 amide bonds. The highest BCUT2D eigenvalue weighted by Gasteiger charge is 2.04. The average Bonchev–Trinajstić information content (AvgIpc) is 2.04. The van der Waals surface area contributed by atoms with E-state index in [1.165, 1.54) is 7.05 Å². The Hall–Kier alpha value is -1.58. The molecule has 1 aromatic carbocycles. The van der Waals surface area contributed by atoms with Crippen molar-refractivity contribution in [1.82, 2.24) is 0 Å². The Morgan fingerprint density at radius 1 is 1.45 bits per heavy atom. The van der Waals surface area contributed by atoms with E-state index in [4.69, 9.17) is 5.73 Å². The molecule has 0 aliphatic carbocycles. The van der Waals surface area contributed by atoms with E-state index in [1.807, 2.05) is 0 Å². The first kappa shape index (κ1) is 7.53. The number of benzene rings is 1. The van der Waals surface area contributed by atoms with Crippen LogP contribution in [0.2, 0.25) is 0 Å². The number of azo groups is 1. The van der Waals surface area contributed by atoms with Crippen LogP contribution in [0.15, 0.2) is 29.4 Å². The minimum atomic E-state index is 0.384. The summed E-state index contributed by atoms with van der Waals surface area (Å²) in [5.74, 6) is 0. The van der Waals surface area contributed by atoms with Gasteiger partial charge in [-0.25, -0.2) is 0 Å². The van der Waals surface area contributed by atoms with Crippen molar-refractivity contribution in [2.24, 2.45) is 5.11 Å². The van der Waals surface area contributed by atoms with E-state index in [2.05, 4.69) is 5.11 Å². The van der Waals surface area contributed by atoms with Gasteiger partial charge in [-0.1, -0.05) is 17.0 Å². The Balaban J connectivity index is 3.14. The fourth-order valence-corrected chi connectivity index (χ4v) is 0.769. The Kier molecular flexibility index (Phi) is 2.06. The molecule has 4 heteroatoms. The number of hydrogen-bond acceptors (Lipinski definition) is 3. The maximum Gasteiger partial charge on any atom is 0.267 e. The molecule has 0 aliphatic heterocycles. The number of anilines is 1. The summed E-state index contributed by atoms with van der Waals surface area (Å²) < 4.78 is 0. The van der Waals surface area contributed by atoms with Gasteiger partial charge in [0.25, 0.3) is 5.69 Å². The molecule has 0 spiro atoms. The lowest BCUT2D eigenvalue weighted by molar-refractivity contribution is -0.438. The van der Waals surface area contributed by atoms with E-state index >= 15 is 0 Å². The topological polar surface area (TPSA) is 64.5 Å². The van der Waals surface area contributed by atoms with Crippen LogP contribution < -0.4 is 5.73 Å². The lowest BCUT2D eigenvalue weighted by Crippen LogP contribution is -1.95. The molecular weight excluding hydrogens is 142 g/mol. The summed E-state index contributed by atoms with van der Waals surface area (Å²) in [4.78, 5) is 0.495. The van der Waals surface area contributed by atoms with Crippen molar-refractivity contribution in [3.8, 4) is 0 Å². The van der Waals surface area contributed by atoms with Crippen LogP contribution in [-0.4, -0.2) is 11.9 Å². The van der Waals surface area contributed by atoms with Crippen LogP contribution in [0.5, 0.6) is 0 Å².